The van der Waals surface area contributed by atoms with E-state index in [1.54, 1.807) is 35.9 Å². The molecule has 0 aliphatic rings. The van der Waals surface area contributed by atoms with E-state index in [-0.39, 0.29) is 27.5 Å². The molecule has 36 heavy (non-hydrogen) atoms. The number of halogens is 1. The van der Waals surface area contributed by atoms with Crippen molar-refractivity contribution >= 4 is 60.7 Å². The van der Waals surface area contributed by atoms with Gasteiger partial charge in [0.1, 0.15) is 12.3 Å². The molecule has 0 fully saturated rings. The molecule has 1 N–H and O–H groups in total. The van der Waals surface area contributed by atoms with Gasteiger partial charge in [0.05, 0.1) is 29.3 Å². The number of thiazole rings is 1. The first-order valence-electron chi connectivity index (χ1n) is 10.4. The maximum atomic E-state index is 13.0. The number of rotatable bonds is 7. The maximum absolute atomic E-state index is 13.0. The molecule has 0 saturated heterocycles. The first-order valence-corrected chi connectivity index (χ1v) is 13.1. The number of carbonyl (C=O) groups is 2. The van der Waals surface area contributed by atoms with Crippen molar-refractivity contribution in [3.05, 3.63) is 82.1 Å². The number of amides is 1. The average Bonchev–Trinajstić information content (AvgIpc) is 3.19. The average molecular weight is 546 g/mol. The van der Waals surface area contributed by atoms with Gasteiger partial charge in [-0.25, -0.2) is 8.42 Å². The van der Waals surface area contributed by atoms with Crippen LogP contribution in [0.25, 0.3) is 10.2 Å². The molecule has 4 aromatic rings. The molecule has 0 bridgehead atoms. The lowest BCUT2D eigenvalue weighted by atomic mass is 10.2. The highest BCUT2D eigenvalue weighted by atomic mass is 35.5. The van der Waals surface area contributed by atoms with E-state index in [2.05, 4.69) is 9.71 Å². The third-order valence-corrected chi connectivity index (χ3v) is 7.78. The molecule has 1 heterocycles. The highest BCUT2D eigenvalue weighted by Crippen LogP contribution is 2.24. The van der Waals surface area contributed by atoms with Crippen molar-refractivity contribution in [2.75, 3.05) is 18.9 Å². The number of fused-ring (bicyclic) bond motifs is 1. The van der Waals surface area contributed by atoms with E-state index in [4.69, 9.17) is 21.1 Å². The van der Waals surface area contributed by atoms with Gasteiger partial charge in [-0.2, -0.15) is 4.99 Å². The highest BCUT2D eigenvalue weighted by Gasteiger charge is 2.16. The molecule has 0 saturated carbocycles. The van der Waals surface area contributed by atoms with Crippen molar-refractivity contribution in [2.45, 2.75) is 11.4 Å². The van der Waals surface area contributed by atoms with Gasteiger partial charge in [-0.1, -0.05) is 29.0 Å². The third-order valence-electron chi connectivity index (χ3n) is 5.09. The molecule has 12 heteroatoms. The van der Waals surface area contributed by atoms with Crippen LogP contribution in [-0.4, -0.2) is 39.1 Å². The van der Waals surface area contributed by atoms with Gasteiger partial charge in [0, 0.05) is 16.3 Å². The van der Waals surface area contributed by atoms with Crippen molar-refractivity contribution in [3.63, 3.8) is 0 Å². The van der Waals surface area contributed by atoms with Gasteiger partial charge in [-0.15, -0.1) is 0 Å². The lowest BCUT2D eigenvalue weighted by Crippen LogP contribution is -2.22. The molecule has 0 spiro atoms. The number of nitrogens with zero attached hydrogens (tertiary/aromatic N) is 2. The van der Waals surface area contributed by atoms with Crippen molar-refractivity contribution < 1.29 is 27.5 Å². The lowest BCUT2D eigenvalue weighted by Gasteiger charge is -2.09. The molecule has 0 atom stereocenters. The Hall–Kier alpha value is -3.67. The molecule has 0 unspecified atom stereocenters. The fourth-order valence-corrected chi connectivity index (χ4v) is 5.54. The van der Waals surface area contributed by atoms with E-state index in [0.29, 0.717) is 16.3 Å². The smallest absolute Gasteiger partial charge is 0.325 e. The van der Waals surface area contributed by atoms with E-state index in [9.17, 15) is 18.0 Å². The summed E-state index contributed by atoms with van der Waals surface area (Å²) in [6.07, 6.45) is 0. The van der Waals surface area contributed by atoms with Gasteiger partial charge in [0.2, 0.25) is 0 Å². The van der Waals surface area contributed by atoms with Gasteiger partial charge in [-0.3, -0.25) is 14.3 Å². The summed E-state index contributed by atoms with van der Waals surface area (Å²) in [5.74, 6) is -0.495. The zero-order valence-corrected chi connectivity index (χ0v) is 21.5. The fraction of sp³-hybridized carbons (Fsp3) is 0.125. The van der Waals surface area contributed by atoms with Crippen LogP contribution in [0.3, 0.4) is 0 Å². The number of hydrogen-bond donors (Lipinski definition) is 1. The molecule has 9 nitrogen and oxygen atoms in total. The molecule has 1 amide bonds. The predicted octanol–water partition coefficient (Wildman–Crippen LogP) is 4.08. The molecule has 0 aliphatic carbocycles. The largest absolute Gasteiger partial charge is 0.497 e. The second-order valence-corrected chi connectivity index (χ2v) is 10.6. The van der Waals surface area contributed by atoms with Gasteiger partial charge < -0.3 is 14.0 Å². The summed E-state index contributed by atoms with van der Waals surface area (Å²) in [4.78, 5) is 29.6. The van der Waals surface area contributed by atoms with E-state index >= 15 is 0 Å². The van der Waals surface area contributed by atoms with Crippen molar-refractivity contribution in [1.29, 1.82) is 0 Å². The number of esters is 1. The number of anilines is 1. The Morgan fingerprint density at radius 2 is 1.81 bits per heavy atom. The zero-order chi connectivity index (χ0) is 25.9. The second-order valence-electron chi connectivity index (χ2n) is 7.44. The highest BCUT2D eigenvalue weighted by molar-refractivity contribution is 7.92. The third kappa shape index (κ3) is 5.59. The Kier molecular flexibility index (Phi) is 7.43. The minimum Gasteiger partial charge on any atom is -0.497 e. The summed E-state index contributed by atoms with van der Waals surface area (Å²) in [5, 5.41) is 0.410. The Bertz CT molecular complexity index is 1630. The molecular formula is C24H20ClN3O6S2. The van der Waals surface area contributed by atoms with Crippen molar-refractivity contribution in [1.82, 2.24) is 4.57 Å². The Labute approximate surface area is 215 Å². The quantitative estimate of drug-likeness (QED) is 0.350. The van der Waals surface area contributed by atoms with E-state index < -0.39 is 21.9 Å². The van der Waals surface area contributed by atoms with Gasteiger partial charge >= 0.3 is 5.97 Å². The summed E-state index contributed by atoms with van der Waals surface area (Å²) in [7, 11) is -1.08. The van der Waals surface area contributed by atoms with Crippen LogP contribution in [0.4, 0.5) is 5.69 Å². The van der Waals surface area contributed by atoms with Crippen LogP contribution in [0.5, 0.6) is 5.75 Å². The number of aromatic nitrogens is 1. The Morgan fingerprint density at radius 3 is 2.50 bits per heavy atom. The molecule has 1 aromatic heterocycles. The number of sulfonamides is 1. The summed E-state index contributed by atoms with van der Waals surface area (Å²) in [6, 6.07) is 17.0. The number of methoxy groups -OCH3 is 2. The first-order chi connectivity index (χ1) is 17.2. The summed E-state index contributed by atoms with van der Waals surface area (Å²) in [5.41, 5.74) is 1.03. The van der Waals surface area contributed by atoms with Crippen molar-refractivity contribution in [2.24, 2.45) is 4.99 Å². The summed E-state index contributed by atoms with van der Waals surface area (Å²) >= 11 is 7.04. The minimum atomic E-state index is -3.89. The van der Waals surface area contributed by atoms with Crippen LogP contribution in [0.2, 0.25) is 5.02 Å². The van der Waals surface area contributed by atoms with Crippen LogP contribution in [0.15, 0.2) is 76.6 Å². The Balaban J connectivity index is 1.69. The van der Waals surface area contributed by atoms with Crippen molar-refractivity contribution in [3.8, 4) is 5.75 Å². The van der Waals surface area contributed by atoms with Crippen LogP contribution in [0.1, 0.15) is 10.4 Å². The van der Waals surface area contributed by atoms with Crippen LogP contribution >= 0.6 is 22.9 Å². The molecule has 0 radical (unpaired) electrons. The van der Waals surface area contributed by atoms with Gasteiger partial charge in [0.15, 0.2) is 4.80 Å². The monoisotopic (exact) mass is 545 g/mol. The first kappa shape index (κ1) is 25.4. The van der Waals surface area contributed by atoms with E-state index in [1.165, 1.54) is 60.9 Å². The number of benzene rings is 3. The molecule has 0 aliphatic heterocycles. The predicted molar refractivity (Wildman–Crippen MR) is 137 cm³/mol. The number of hydrogen-bond acceptors (Lipinski definition) is 7. The summed E-state index contributed by atoms with van der Waals surface area (Å²) < 4.78 is 40.2. The fourth-order valence-electron chi connectivity index (χ4n) is 3.31. The number of nitrogens with one attached hydrogen (secondary N) is 1. The van der Waals surface area contributed by atoms with E-state index in [0.717, 1.165) is 4.70 Å². The normalized spacial score (nSPS) is 11.9. The maximum Gasteiger partial charge on any atom is 0.325 e. The van der Waals surface area contributed by atoms with Crippen LogP contribution in [0, 0.1) is 0 Å². The van der Waals surface area contributed by atoms with Gasteiger partial charge in [0.25, 0.3) is 15.9 Å². The number of ether oxygens (including phenoxy) is 2. The number of carbonyl (C=O) groups excluding carboxylic acids is 2. The Morgan fingerprint density at radius 1 is 1.06 bits per heavy atom. The molecular weight excluding hydrogens is 526 g/mol. The standard InChI is InChI=1S/C24H20ClN3O6S2/c1-33-18-8-11-20-21(13-18)35-24(28(20)14-22(29)34-2)26-23(30)15-4-3-5-17(12-15)27-36(31,32)19-9-6-16(25)7-10-19/h3-13,27H,14H2,1-2H3. The SMILES string of the molecule is COC(=O)Cn1c(=NC(=O)c2cccc(NS(=O)(=O)c3ccc(Cl)cc3)c2)sc2cc(OC)ccc21. The lowest BCUT2D eigenvalue weighted by molar-refractivity contribution is -0.141. The van der Waals surface area contributed by atoms with Gasteiger partial charge in [-0.05, 0) is 60.7 Å². The van der Waals surface area contributed by atoms with Crippen LogP contribution < -0.4 is 14.3 Å². The topological polar surface area (TPSA) is 116 Å². The van der Waals surface area contributed by atoms with E-state index in [1.807, 2.05) is 0 Å². The second kappa shape index (κ2) is 10.5. The minimum absolute atomic E-state index is 0.0258. The molecule has 4 rings (SSSR count). The van der Waals surface area contributed by atoms with Crippen LogP contribution in [-0.2, 0) is 26.1 Å². The molecule has 186 valence electrons. The summed E-state index contributed by atoms with van der Waals surface area (Å²) in [6.45, 7) is -0.143. The zero-order valence-electron chi connectivity index (χ0n) is 19.1. The molecule has 3 aromatic carbocycles.